The lowest BCUT2D eigenvalue weighted by Gasteiger charge is -2.07. The number of hydrogen-bond acceptors (Lipinski definition) is 2. The minimum Gasteiger partial charge on any atom is -1.00 e. The van der Waals surface area contributed by atoms with Gasteiger partial charge in [0.2, 0.25) is 0 Å². The van der Waals surface area contributed by atoms with Crippen molar-refractivity contribution >= 4 is 10.9 Å². The summed E-state index contributed by atoms with van der Waals surface area (Å²) in [7, 11) is 0. The van der Waals surface area contributed by atoms with Crippen molar-refractivity contribution in [3.8, 4) is 5.75 Å². The Labute approximate surface area is 130 Å². The Hall–Kier alpha value is -1.97. The highest BCUT2D eigenvalue weighted by molar-refractivity contribution is 5.84. The smallest absolute Gasteiger partial charge is 0.120 e. The number of nitrogens with two attached hydrogens (primary N) is 1. The zero-order chi connectivity index (χ0) is 13.8. The summed E-state index contributed by atoms with van der Waals surface area (Å²) >= 11 is 0. The molecular formula is C17H18ClN2O-. The highest BCUT2D eigenvalue weighted by atomic mass is 35.5. The van der Waals surface area contributed by atoms with Gasteiger partial charge < -0.3 is 27.9 Å². The summed E-state index contributed by atoms with van der Waals surface area (Å²) in [6, 6.07) is 16.3. The summed E-state index contributed by atoms with van der Waals surface area (Å²) in [4.78, 5) is 3.26. The van der Waals surface area contributed by atoms with E-state index in [9.17, 15) is 0 Å². The van der Waals surface area contributed by atoms with Crippen LogP contribution in [-0.4, -0.2) is 11.5 Å². The number of ether oxygens (including phenoxy) is 1. The Morgan fingerprint density at radius 3 is 2.62 bits per heavy atom. The molecule has 3 nitrogen and oxygen atoms in total. The Balaban J connectivity index is 0.00000161. The molecule has 0 bridgehead atoms. The number of rotatable bonds is 5. The van der Waals surface area contributed by atoms with E-state index in [-0.39, 0.29) is 12.4 Å². The topological polar surface area (TPSA) is 51.0 Å². The molecule has 3 N–H and O–H groups in total. The number of fused-ring (bicyclic) bond motifs is 1. The fourth-order valence-electron chi connectivity index (χ4n) is 2.35. The Kier molecular flexibility index (Phi) is 5.26. The van der Waals surface area contributed by atoms with Crippen LogP contribution < -0.4 is 22.9 Å². The van der Waals surface area contributed by atoms with Gasteiger partial charge in [0.25, 0.3) is 0 Å². The van der Waals surface area contributed by atoms with Crippen LogP contribution in [0.2, 0.25) is 0 Å². The molecule has 3 rings (SSSR count). The third-order valence-electron chi connectivity index (χ3n) is 3.40. The molecule has 0 unspecified atom stereocenters. The van der Waals surface area contributed by atoms with E-state index in [2.05, 4.69) is 29.2 Å². The van der Waals surface area contributed by atoms with Gasteiger partial charge in [-0.25, -0.2) is 0 Å². The van der Waals surface area contributed by atoms with Gasteiger partial charge in [0.05, 0.1) is 0 Å². The minimum atomic E-state index is 0. The third kappa shape index (κ3) is 3.57. The molecule has 1 aromatic heterocycles. The first kappa shape index (κ1) is 15.4. The standard InChI is InChI=1S/C17H18N2O.ClH/c18-9-8-14-11-19-17-7-6-15(10-16(14)17)20-12-13-4-2-1-3-5-13;/h1-7,10-11,19H,8-9,12,18H2;1H/p-1. The second-order valence-electron chi connectivity index (χ2n) is 4.83. The molecule has 110 valence electrons. The predicted octanol–water partition coefficient (Wildman–Crippen LogP) is 0.252. The second-order valence-corrected chi connectivity index (χ2v) is 4.83. The Bertz CT molecular complexity index is 694. The third-order valence-corrected chi connectivity index (χ3v) is 3.40. The molecule has 2 aromatic carbocycles. The lowest BCUT2D eigenvalue weighted by Crippen LogP contribution is -3.00. The quantitative estimate of drug-likeness (QED) is 0.710. The molecule has 3 aromatic rings. The molecule has 0 amide bonds. The summed E-state index contributed by atoms with van der Waals surface area (Å²) in [5.41, 5.74) is 9.18. The molecular weight excluding hydrogens is 284 g/mol. The number of halogens is 1. The number of benzene rings is 2. The Morgan fingerprint density at radius 1 is 1.05 bits per heavy atom. The Morgan fingerprint density at radius 2 is 1.86 bits per heavy atom. The van der Waals surface area contributed by atoms with Gasteiger partial charge in [0.15, 0.2) is 0 Å². The van der Waals surface area contributed by atoms with Crippen LogP contribution in [0.25, 0.3) is 10.9 Å². The predicted molar refractivity (Wildman–Crippen MR) is 81.8 cm³/mol. The van der Waals surface area contributed by atoms with E-state index in [0.29, 0.717) is 13.2 Å². The monoisotopic (exact) mass is 301 g/mol. The fourth-order valence-corrected chi connectivity index (χ4v) is 2.35. The summed E-state index contributed by atoms with van der Waals surface area (Å²) in [5.74, 6) is 0.888. The van der Waals surface area contributed by atoms with Crippen LogP contribution in [0.3, 0.4) is 0 Å². The van der Waals surface area contributed by atoms with Gasteiger partial charge in [-0.2, -0.15) is 0 Å². The number of hydrogen-bond donors (Lipinski definition) is 2. The largest absolute Gasteiger partial charge is 1.00 e. The molecule has 0 fully saturated rings. The molecule has 0 saturated carbocycles. The van der Waals surface area contributed by atoms with E-state index < -0.39 is 0 Å². The lowest BCUT2D eigenvalue weighted by molar-refractivity contribution is -0.00000450. The molecule has 0 atom stereocenters. The van der Waals surface area contributed by atoms with Crippen molar-refractivity contribution in [2.75, 3.05) is 6.54 Å². The summed E-state index contributed by atoms with van der Waals surface area (Å²) in [6.07, 6.45) is 2.90. The highest BCUT2D eigenvalue weighted by Crippen LogP contribution is 2.24. The number of H-pyrrole nitrogens is 1. The molecule has 0 saturated heterocycles. The van der Waals surface area contributed by atoms with Gasteiger partial charge >= 0.3 is 0 Å². The van der Waals surface area contributed by atoms with Crippen molar-refractivity contribution < 1.29 is 17.1 Å². The summed E-state index contributed by atoms with van der Waals surface area (Å²) in [6.45, 7) is 1.24. The van der Waals surface area contributed by atoms with Crippen molar-refractivity contribution in [2.45, 2.75) is 13.0 Å². The lowest BCUT2D eigenvalue weighted by atomic mass is 10.1. The van der Waals surface area contributed by atoms with Gasteiger partial charge in [0, 0.05) is 17.1 Å². The molecule has 0 radical (unpaired) electrons. The van der Waals surface area contributed by atoms with Crippen LogP contribution in [0, 0.1) is 0 Å². The van der Waals surface area contributed by atoms with Crippen molar-refractivity contribution in [3.05, 3.63) is 65.9 Å². The average Bonchev–Trinajstić information content (AvgIpc) is 2.89. The van der Waals surface area contributed by atoms with E-state index in [1.54, 1.807) is 0 Å². The minimum absolute atomic E-state index is 0. The van der Waals surface area contributed by atoms with Crippen LogP contribution >= 0.6 is 0 Å². The van der Waals surface area contributed by atoms with E-state index in [4.69, 9.17) is 10.5 Å². The van der Waals surface area contributed by atoms with Gasteiger partial charge in [-0.05, 0) is 42.3 Å². The molecule has 0 spiro atoms. The van der Waals surface area contributed by atoms with Crippen LogP contribution in [0.5, 0.6) is 5.75 Å². The van der Waals surface area contributed by atoms with E-state index in [1.807, 2.05) is 30.5 Å². The first-order valence-electron chi connectivity index (χ1n) is 6.83. The molecule has 21 heavy (non-hydrogen) atoms. The fraction of sp³-hybridized carbons (Fsp3) is 0.176. The number of aromatic nitrogens is 1. The molecule has 4 heteroatoms. The van der Waals surface area contributed by atoms with Gasteiger partial charge in [-0.3, -0.25) is 0 Å². The van der Waals surface area contributed by atoms with Crippen LogP contribution in [0.15, 0.2) is 54.7 Å². The first-order chi connectivity index (χ1) is 9.86. The first-order valence-corrected chi connectivity index (χ1v) is 6.83. The molecule has 0 aliphatic rings. The van der Waals surface area contributed by atoms with Crippen molar-refractivity contribution in [1.82, 2.24) is 4.98 Å². The van der Waals surface area contributed by atoms with Crippen LogP contribution in [0.1, 0.15) is 11.1 Å². The maximum Gasteiger partial charge on any atom is 0.120 e. The number of nitrogens with one attached hydrogen (secondary N) is 1. The molecule has 0 aliphatic carbocycles. The van der Waals surface area contributed by atoms with Crippen LogP contribution in [0.4, 0.5) is 0 Å². The summed E-state index contributed by atoms with van der Waals surface area (Å²) < 4.78 is 5.86. The van der Waals surface area contributed by atoms with Crippen LogP contribution in [-0.2, 0) is 13.0 Å². The maximum atomic E-state index is 5.86. The summed E-state index contributed by atoms with van der Waals surface area (Å²) in [5, 5.41) is 1.20. The van der Waals surface area contributed by atoms with E-state index >= 15 is 0 Å². The van der Waals surface area contributed by atoms with E-state index in [0.717, 1.165) is 17.7 Å². The van der Waals surface area contributed by atoms with Gasteiger partial charge in [-0.15, -0.1) is 0 Å². The van der Waals surface area contributed by atoms with Gasteiger partial charge in [0.1, 0.15) is 12.4 Å². The molecule has 1 heterocycles. The highest BCUT2D eigenvalue weighted by Gasteiger charge is 2.05. The number of aromatic amines is 1. The SMILES string of the molecule is NCCc1c[nH]c2ccc(OCc3ccccc3)cc12.[Cl-]. The maximum absolute atomic E-state index is 5.86. The second kappa shape index (κ2) is 7.16. The van der Waals surface area contributed by atoms with Crippen molar-refractivity contribution in [1.29, 1.82) is 0 Å². The zero-order valence-electron chi connectivity index (χ0n) is 11.7. The normalized spacial score (nSPS) is 10.3. The van der Waals surface area contributed by atoms with Crippen molar-refractivity contribution in [2.24, 2.45) is 5.73 Å². The van der Waals surface area contributed by atoms with Gasteiger partial charge in [-0.1, -0.05) is 30.3 Å². The van der Waals surface area contributed by atoms with E-state index in [1.165, 1.54) is 16.5 Å². The average molecular weight is 302 g/mol. The molecule has 0 aliphatic heterocycles. The zero-order valence-corrected chi connectivity index (χ0v) is 12.4. The van der Waals surface area contributed by atoms with Crippen molar-refractivity contribution in [3.63, 3.8) is 0 Å².